The Kier molecular flexibility index (Phi) is 6.00. The molecule has 0 fully saturated rings. The molecule has 0 aliphatic carbocycles. The van der Waals surface area contributed by atoms with Gasteiger partial charge in [0.1, 0.15) is 11.5 Å². The first-order valence-electron chi connectivity index (χ1n) is 6.58. The molecule has 9 heteroatoms. The van der Waals surface area contributed by atoms with Gasteiger partial charge in [-0.1, -0.05) is 23.2 Å². The van der Waals surface area contributed by atoms with E-state index in [0.29, 0.717) is 21.2 Å². The zero-order chi connectivity index (χ0) is 17.5. The van der Waals surface area contributed by atoms with Crippen LogP contribution in [-0.2, 0) is 0 Å². The lowest BCUT2D eigenvalue weighted by atomic mass is 10.2. The number of nitrogens with one attached hydrogen (secondary N) is 1. The fraction of sp³-hybridized carbons (Fsp3) is 0. The third-order valence-electron chi connectivity index (χ3n) is 2.72. The molecule has 0 saturated carbocycles. The molecule has 2 rings (SSSR count). The molecular formula is C15H13Cl2N5O2. The second kappa shape index (κ2) is 8.19. The van der Waals surface area contributed by atoms with Crippen LogP contribution in [-0.4, -0.2) is 28.6 Å². The molecular weight excluding hydrogens is 353 g/mol. The van der Waals surface area contributed by atoms with Crippen LogP contribution in [0.25, 0.3) is 0 Å². The van der Waals surface area contributed by atoms with Crippen LogP contribution in [0.1, 0.15) is 11.1 Å². The molecule has 124 valence electrons. The third kappa shape index (κ3) is 5.15. The molecule has 0 aromatic heterocycles. The van der Waals surface area contributed by atoms with Gasteiger partial charge in [-0.3, -0.25) is 0 Å². The SMILES string of the molecule is N/C(=N/N=C/c1cc(Cl)ccc1O)N/N=C\c1cc(Cl)ccc1O. The summed E-state index contributed by atoms with van der Waals surface area (Å²) in [7, 11) is 0. The van der Waals surface area contributed by atoms with E-state index in [9.17, 15) is 10.2 Å². The summed E-state index contributed by atoms with van der Waals surface area (Å²) in [5.41, 5.74) is 8.81. The molecule has 2 aromatic carbocycles. The Labute approximate surface area is 147 Å². The number of nitrogens with two attached hydrogens (primary N) is 1. The average Bonchev–Trinajstić information content (AvgIpc) is 2.54. The molecule has 0 unspecified atom stereocenters. The van der Waals surface area contributed by atoms with E-state index in [4.69, 9.17) is 28.9 Å². The Hall–Kier alpha value is -2.77. The number of guanidine groups is 1. The van der Waals surface area contributed by atoms with Gasteiger partial charge in [0.05, 0.1) is 12.4 Å². The normalized spacial score (nSPS) is 12.2. The molecule has 0 bridgehead atoms. The van der Waals surface area contributed by atoms with Gasteiger partial charge >= 0.3 is 0 Å². The molecule has 0 spiro atoms. The highest BCUT2D eigenvalue weighted by Crippen LogP contribution is 2.20. The maximum atomic E-state index is 9.62. The molecule has 0 aliphatic rings. The Morgan fingerprint density at radius 3 is 2.08 bits per heavy atom. The standard InChI is InChI=1S/C15H13Cl2N5O2/c16-11-1-3-13(23)9(5-11)7-19-21-15(18)22-20-8-10-6-12(17)2-4-14(10)24/h1-8,23-24H,(H3,18,21,22)/b19-7-,20-8+. The van der Waals surface area contributed by atoms with Gasteiger partial charge in [-0.15, -0.1) is 5.10 Å². The highest BCUT2D eigenvalue weighted by Gasteiger charge is 1.99. The first-order valence-corrected chi connectivity index (χ1v) is 7.34. The van der Waals surface area contributed by atoms with E-state index in [2.05, 4.69) is 20.7 Å². The van der Waals surface area contributed by atoms with Gasteiger partial charge in [-0.25, -0.2) is 5.43 Å². The van der Waals surface area contributed by atoms with E-state index in [-0.39, 0.29) is 17.5 Å². The van der Waals surface area contributed by atoms with Crippen molar-refractivity contribution < 1.29 is 10.2 Å². The molecule has 0 aliphatic heterocycles. The lowest BCUT2D eigenvalue weighted by Gasteiger charge is -2.00. The lowest BCUT2D eigenvalue weighted by molar-refractivity contribution is 0.474. The minimum atomic E-state index is -0.0921. The summed E-state index contributed by atoms with van der Waals surface area (Å²) in [5.74, 6) is -0.0558. The van der Waals surface area contributed by atoms with E-state index in [1.165, 1.54) is 36.7 Å². The first kappa shape index (κ1) is 17.6. The molecule has 0 amide bonds. The van der Waals surface area contributed by atoms with Crippen molar-refractivity contribution in [2.75, 3.05) is 0 Å². The number of nitrogens with zero attached hydrogens (tertiary/aromatic N) is 3. The predicted octanol–water partition coefficient (Wildman–Crippen LogP) is 2.68. The number of hydrogen-bond acceptors (Lipinski definition) is 5. The summed E-state index contributed by atoms with van der Waals surface area (Å²) >= 11 is 11.6. The second-order valence-electron chi connectivity index (χ2n) is 4.51. The van der Waals surface area contributed by atoms with Crippen molar-refractivity contribution in [2.24, 2.45) is 21.0 Å². The van der Waals surface area contributed by atoms with Crippen molar-refractivity contribution in [2.45, 2.75) is 0 Å². The number of hydrazone groups is 1. The van der Waals surface area contributed by atoms with Gasteiger partial charge < -0.3 is 15.9 Å². The highest BCUT2D eigenvalue weighted by atomic mass is 35.5. The quantitative estimate of drug-likeness (QED) is 0.378. The van der Waals surface area contributed by atoms with Crippen LogP contribution in [0.5, 0.6) is 11.5 Å². The van der Waals surface area contributed by atoms with Crippen molar-refractivity contribution >= 4 is 41.6 Å². The minimum absolute atomic E-state index is 0.0133. The number of phenolic OH excluding ortho intramolecular Hbond substituents is 2. The zero-order valence-corrected chi connectivity index (χ0v) is 13.7. The molecule has 0 radical (unpaired) electrons. The van der Waals surface area contributed by atoms with Crippen molar-refractivity contribution in [3.8, 4) is 11.5 Å². The number of phenols is 2. The molecule has 5 N–H and O–H groups in total. The van der Waals surface area contributed by atoms with Gasteiger partial charge in [0, 0.05) is 21.2 Å². The Bertz CT molecular complexity index is 822. The molecule has 7 nitrogen and oxygen atoms in total. The maximum absolute atomic E-state index is 9.62. The smallest absolute Gasteiger partial charge is 0.234 e. The van der Waals surface area contributed by atoms with Crippen molar-refractivity contribution in [3.63, 3.8) is 0 Å². The monoisotopic (exact) mass is 365 g/mol. The van der Waals surface area contributed by atoms with Crippen molar-refractivity contribution in [1.29, 1.82) is 0 Å². The van der Waals surface area contributed by atoms with Gasteiger partial charge in [0.2, 0.25) is 5.96 Å². The summed E-state index contributed by atoms with van der Waals surface area (Å²) < 4.78 is 0. The Morgan fingerprint density at radius 1 is 0.958 bits per heavy atom. The zero-order valence-electron chi connectivity index (χ0n) is 12.2. The van der Waals surface area contributed by atoms with Crippen molar-refractivity contribution in [1.82, 2.24) is 5.43 Å². The molecule has 0 heterocycles. The van der Waals surface area contributed by atoms with E-state index in [1.54, 1.807) is 12.1 Å². The number of rotatable bonds is 4. The van der Waals surface area contributed by atoms with E-state index < -0.39 is 0 Å². The first-order chi connectivity index (χ1) is 11.5. The van der Waals surface area contributed by atoms with Crippen LogP contribution in [0.2, 0.25) is 10.0 Å². The van der Waals surface area contributed by atoms with Crippen LogP contribution in [0.4, 0.5) is 0 Å². The summed E-state index contributed by atoms with van der Waals surface area (Å²) in [4.78, 5) is 0. The van der Waals surface area contributed by atoms with Gasteiger partial charge in [0.25, 0.3) is 0 Å². The predicted molar refractivity (Wildman–Crippen MR) is 96.2 cm³/mol. The fourth-order valence-electron chi connectivity index (χ4n) is 1.60. The summed E-state index contributed by atoms with van der Waals surface area (Å²) in [6, 6.07) is 9.06. The van der Waals surface area contributed by atoms with E-state index >= 15 is 0 Å². The maximum Gasteiger partial charge on any atom is 0.234 e. The minimum Gasteiger partial charge on any atom is -0.507 e. The van der Waals surface area contributed by atoms with Gasteiger partial charge in [-0.05, 0) is 36.4 Å². The van der Waals surface area contributed by atoms with E-state index in [1.807, 2.05) is 0 Å². The Balaban J connectivity index is 1.99. The average molecular weight is 366 g/mol. The second-order valence-corrected chi connectivity index (χ2v) is 5.38. The molecule has 0 atom stereocenters. The number of hydrogen-bond donors (Lipinski definition) is 4. The molecule has 24 heavy (non-hydrogen) atoms. The third-order valence-corrected chi connectivity index (χ3v) is 3.19. The number of benzene rings is 2. The molecule has 2 aromatic rings. The summed E-state index contributed by atoms with van der Waals surface area (Å²) in [5, 5.41) is 31.3. The van der Waals surface area contributed by atoms with Crippen LogP contribution in [0.3, 0.4) is 0 Å². The highest BCUT2D eigenvalue weighted by molar-refractivity contribution is 6.31. The largest absolute Gasteiger partial charge is 0.507 e. The topological polar surface area (TPSA) is 116 Å². The Morgan fingerprint density at radius 2 is 1.50 bits per heavy atom. The fourth-order valence-corrected chi connectivity index (χ4v) is 1.96. The van der Waals surface area contributed by atoms with Crippen LogP contribution in [0, 0.1) is 0 Å². The van der Waals surface area contributed by atoms with Crippen LogP contribution < -0.4 is 11.2 Å². The van der Waals surface area contributed by atoms with Crippen LogP contribution >= 0.6 is 23.2 Å². The van der Waals surface area contributed by atoms with E-state index in [0.717, 1.165) is 0 Å². The van der Waals surface area contributed by atoms with Crippen LogP contribution in [0.15, 0.2) is 51.7 Å². The van der Waals surface area contributed by atoms with Gasteiger partial charge in [0.15, 0.2) is 0 Å². The summed E-state index contributed by atoms with van der Waals surface area (Å²) in [6.07, 6.45) is 2.62. The number of aromatic hydroxyl groups is 2. The lowest BCUT2D eigenvalue weighted by Crippen LogP contribution is -2.26. The molecule has 0 saturated heterocycles. The summed E-state index contributed by atoms with van der Waals surface area (Å²) in [6.45, 7) is 0. The van der Waals surface area contributed by atoms with Crippen molar-refractivity contribution in [3.05, 3.63) is 57.6 Å². The number of halogens is 2. The van der Waals surface area contributed by atoms with Gasteiger partial charge in [-0.2, -0.15) is 10.2 Å².